The van der Waals surface area contributed by atoms with E-state index in [1.807, 2.05) is 0 Å². The number of alkyl halides is 3. The number of nitrogens with one attached hydrogen (secondary N) is 3. The molecular weight excluding hydrogens is 631 g/mol. The van der Waals surface area contributed by atoms with Crippen molar-refractivity contribution in [3.63, 3.8) is 0 Å². The topological polar surface area (TPSA) is 168 Å². The van der Waals surface area contributed by atoms with Gasteiger partial charge in [0.15, 0.2) is 5.78 Å². The number of Topliss-reactive ketones (excluding diaryl/α,β-unsaturated/α-hetero) is 2. The average molecular weight is 682 g/mol. The molecule has 1 unspecified atom stereocenters. The second-order valence-electron chi connectivity index (χ2n) is 15.2. The van der Waals surface area contributed by atoms with Crippen LogP contribution in [0.25, 0.3) is 0 Å². The Bertz CT molecular complexity index is 1290. The standard InChI is InChI=1S/C34H50F3N5O6/c1-7-33(5,6)21-17-23(29(46)39-22(26(44)28(38)45)15-16-34(35,36)37)42(18-21)30(47)27(32(2,3)4)41-31(48)40-24(25(43)20-13-14-20)19-11-9-8-10-12-19/h1,19-24,27H,8-18H2,2-6H3,(H2,38,45)(H,39,46)(H2,40,41,48)/t21-,22?,23+,24+,27-/m1/s1. The summed E-state index contributed by atoms with van der Waals surface area (Å²) in [4.78, 5) is 80.0. The van der Waals surface area contributed by atoms with Crippen LogP contribution in [0.2, 0.25) is 0 Å². The predicted molar refractivity (Wildman–Crippen MR) is 171 cm³/mol. The fraction of sp³-hybridized carbons (Fsp3) is 0.765. The summed E-state index contributed by atoms with van der Waals surface area (Å²) in [5.41, 5.74) is 3.35. The van der Waals surface area contributed by atoms with Crippen LogP contribution < -0.4 is 21.7 Å². The van der Waals surface area contributed by atoms with Crippen LogP contribution in [0.1, 0.15) is 98.8 Å². The molecule has 0 aromatic heterocycles. The normalized spacial score (nSPS) is 22.5. The van der Waals surface area contributed by atoms with Gasteiger partial charge >= 0.3 is 12.2 Å². The SMILES string of the molecule is C#CC(C)(C)[C@@H]1C[C@@H](C(=O)NC(CCC(F)(F)F)C(=O)C(N)=O)N(C(=O)[C@@H](NC(=O)N[C@H](C(=O)C2CC2)C2CCCCC2)C(C)(C)C)C1. The van der Waals surface area contributed by atoms with Gasteiger partial charge in [0.1, 0.15) is 12.1 Å². The van der Waals surface area contributed by atoms with Crippen molar-refractivity contribution in [2.24, 2.45) is 34.3 Å². The molecule has 1 heterocycles. The van der Waals surface area contributed by atoms with Gasteiger partial charge in [-0.25, -0.2) is 4.79 Å². The molecule has 14 heteroatoms. The monoisotopic (exact) mass is 681 g/mol. The molecule has 0 radical (unpaired) electrons. The van der Waals surface area contributed by atoms with E-state index < -0.39 is 89.5 Å². The van der Waals surface area contributed by atoms with Crippen LogP contribution in [0, 0.1) is 40.9 Å². The molecule has 268 valence electrons. The van der Waals surface area contributed by atoms with Crippen LogP contribution in [-0.4, -0.2) is 77.1 Å². The maximum atomic E-state index is 14.3. The van der Waals surface area contributed by atoms with E-state index in [0.29, 0.717) is 0 Å². The lowest BCUT2D eigenvalue weighted by molar-refractivity contribution is -0.146. The number of ketones is 2. The van der Waals surface area contributed by atoms with Gasteiger partial charge < -0.3 is 26.6 Å². The van der Waals surface area contributed by atoms with Gasteiger partial charge in [0.2, 0.25) is 17.6 Å². The number of rotatable bonds is 13. The molecule has 3 aliphatic rings. The molecule has 48 heavy (non-hydrogen) atoms. The molecule has 5 N–H and O–H groups in total. The minimum Gasteiger partial charge on any atom is -0.363 e. The molecule has 5 atom stereocenters. The summed E-state index contributed by atoms with van der Waals surface area (Å²) >= 11 is 0. The van der Waals surface area contributed by atoms with Crippen molar-refractivity contribution < 1.29 is 41.9 Å². The van der Waals surface area contributed by atoms with Gasteiger partial charge in [0.05, 0.1) is 12.1 Å². The molecule has 5 amide bonds. The van der Waals surface area contributed by atoms with Crippen molar-refractivity contribution in [3.05, 3.63) is 0 Å². The van der Waals surface area contributed by atoms with E-state index >= 15 is 0 Å². The van der Waals surface area contributed by atoms with Crippen LogP contribution >= 0.6 is 0 Å². The molecule has 2 aliphatic carbocycles. The van der Waals surface area contributed by atoms with Crippen molar-refractivity contribution in [2.45, 2.75) is 129 Å². The van der Waals surface area contributed by atoms with Crippen molar-refractivity contribution in [3.8, 4) is 12.3 Å². The average Bonchev–Trinajstić information content (AvgIpc) is 3.75. The fourth-order valence-electron chi connectivity index (χ4n) is 6.62. The lowest BCUT2D eigenvalue weighted by Gasteiger charge is -2.37. The summed E-state index contributed by atoms with van der Waals surface area (Å²) in [6.45, 7) is 8.63. The third kappa shape index (κ3) is 10.2. The Labute approximate surface area is 280 Å². The summed E-state index contributed by atoms with van der Waals surface area (Å²) in [6, 6.07) is -5.73. The quantitative estimate of drug-likeness (QED) is 0.172. The van der Waals surface area contributed by atoms with Crippen molar-refractivity contribution in [1.82, 2.24) is 20.9 Å². The number of urea groups is 1. The largest absolute Gasteiger partial charge is 0.389 e. The molecule has 0 aromatic carbocycles. The first-order chi connectivity index (χ1) is 22.2. The van der Waals surface area contributed by atoms with Gasteiger partial charge in [-0.3, -0.25) is 24.0 Å². The molecule has 0 spiro atoms. The number of hydrogen-bond acceptors (Lipinski definition) is 6. The molecular formula is C34H50F3N5O6. The third-order valence-corrected chi connectivity index (χ3v) is 9.95. The molecule has 1 aliphatic heterocycles. The number of nitrogens with zero attached hydrogens (tertiary/aromatic N) is 1. The summed E-state index contributed by atoms with van der Waals surface area (Å²) in [6.07, 6.45) is 4.87. The van der Waals surface area contributed by atoms with Gasteiger partial charge in [-0.05, 0) is 69.6 Å². The Morgan fingerprint density at radius 3 is 2.02 bits per heavy atom. The number of terminal acetylenes is 1. The number of halogens is 3. The lowest BCUT2D eigenvalue weighted by Crippen LogP contribution is -2.61. The predicted octanol–water partition coefficient (Wildman–Crippen LogP) is 3.39. The van der Waals surface area contributed by atoms with E-state index in [1.165, 1.54) is 4.90 Å². The minimum absolute atomic E-state index is 0.00286. The van der Waals surface area contributed by atoms with Crippen molar-refractivity contribution in [2.75, 3.05) is 6.54 Å². The Kier molecular flexibility index (Phi) is 12.4. The number of nitrogens with two attached hydrogens (primary N) is 1. The number of carbonyl (C=O) groups is 6. The van der Waals surface area contributed by atoms with E-state index in [-0.39, 0.29) is 30.6 Å². The molecule has 0 aromatic rings. The highest BCUT2D eigenvalue weighted by Gasteiger charge is 2.49. The Hall–Kier alpha value is -3.63. The molecule has 3 fully saturated rings. The Morgan fingerprint density at radius 2 is 1.52 bits per heavy atom. The summed E-state index contributed by atoms with van der Waals surface area (Å²) in [7, 11) is 0. The zero-order valence-corrected chi connectivity index (χ0v) is 28.5. The molecule has 1 saturated heterocycles. The third-order valence-electron chi connectivity index (χ3n) is 9.95. The highest BCUT2D eigenvalue weighted by Crippen LogP contribution is 2.39. The van der Waals surface area contributed by atoms with Gasteiger partial charge in [0, 0.05) is 24.3 Å². The van der Waals surface area contributed by atoms with Crippen molar-refractivity contribution in [1.29, 1.82) is 0 Å². The smallest absolute Gasteiger partial charge is 0.363 e. The van der Waals surface area contributed by atoms with Gasteiger partial charge in [-0.1, -0.05) is 40.0 Å². The van der Waals surface area contributed by atoms with Crippen LogP contribution in [0.5, 0.6) is 0 Å². The Morgan fingerprint density at radius 1 is 0.917 bits per heavy atom. The number of carbonyl (C=O) groups excluding carboxylic acids is 6. The van der Waals surface area contributed by atoms with Crippen LogP contribution in [0.3, 0.4) is 0 Å². The number of likely N-dealkylation sites (tertiary alicyclic amines) is 1. The second-order valence-corrected chi connectivity index (χ2v) is 15.2. The van der Waals surface area contributed by atoms with Crippen LogP contribution in [0.15, 0.2) is 0 Å². The minimum atomic E-state index is -4.68. The van der Waals surface area contributed by atoms with E-state index in [4.69, 9.17) is 12.2 Å². The van der Waals surface area contributed by atoms with Crippen LogP contribution in [0.4, 0.5) is 18.0 Å². The lowest BCUT2D eigenvalue weighted by atomic mass is 9.78. The summed E-state index contributed by atoms with van der Waals surface area (Å²) < 4.78 is 39.0. The fourth-order valence-corrected chi connectivity index (χ4v) is 6.62. The zero-order chi connectivity index (χ0) is 36.2. The van der Waals surface area contributed by atoms with E-state index in [2.05, 4.69) is 21.9 Å². The highest BCUT2D eigenvalue weighted by atomic mass is 19.4. The number of amides is 5. The van der Waals surface area contributed by atoms with Crippen LogP contribution in [-0.2, 0) is 24.0 Å². The summed E-state index contributed by atoms with van der Waals surface area (Å²) in [5.74, 6) is -2.39. The van der Waals surface area contributed by atoms with Gasteiger partial charge in [0.25, 0.3) is 5.91 Å². The highest BCUT2D eigenvalue weighted by molar-refractivity contribution is 6.37. The second kappa shape index (κ2) is 15.3. The molecule has 3 rings (SSSR count). The first-order valence-electron chi connectivity index (χ1n) is 16.8. The number of primary amides is 1. The van der Waals surface area contributed by atoms with Gasteiger partial charge in [-0.2, -0.15) is 13.2 Å². The zero-order valence-electron chi connectivity index (χ0n) is 28.5. The first kappa shape index (κ1) is 38.8. The molecule has 2 saturated carbocycles. The first-order valence-corrected chi connectivity index (χ1v) is 16.8. The maximum absolute atomic E-state index is 14.3. The van der Waals surface area contributed by atoms with E-state index in [0.717, 1.165) is 44.9 Å². The van der Waals surface area contributed by atoms with E-state index in [9.17, 15) is 41.9 Å². The Balaban J connectivity index is 1.88. The number of hydrogen-bond donors (Lipinski definition) is 4. The maximum Gasteiger partial charge on any atom is 0.389 e. The molecule has 11 nitrogen and oxygen atoms in total. The molecule has 0 bridgehead atoms. The van der Waals surface area contributed by atoms with E-state index in [1.54, 1.807) is 34.6 Å². The summed E-state index contributed by atoms with van der Waals surface area (Å²) in [5, 5.41) is 7.83. The van der Waals surface area contributed by atoms with Crippen molar-refractivity contribution >= 4 is 35.3 Å². The van der Waals surface area contributed by atoms with Gasteiger partial charge in [-0.15, -0.1) is 12.3 Å².